The Morgan fingerprint density at radius 1 is 0.865 bits per heavy atom. The van der Waals surface area contributed by atoms with Gasteiger partial charge in [-0.3, -0.25) is 4.98 Å². The highest BCUT2D eigenvalue weighted by molar-refractivity contribution is 7.15. The van der Waals surface area contributed by atoms with Crippen LogP contribution in [0.4, 0.5) is 0 Å². The van der Waals surface area contributed by atoms with Gasteiger partial charge < -0.3 is 14.6 Å². The minimum Gasteiger partial charge on any atom is -0.489 e. The zero-order valence-corrected chi connectivity index (χ0v) is 22.2. The second-order valence-corrected chi connectivity index (χ2v) is 10.3. The molecule has 0 fully saturated rings. The number of nitrogens with zero attached hydrogens (tertiary/aromatic N) is 1. The number of ether oxygens (including phenoxy) is 2. The van der Waals surface area contributed by atoms with Crippen LogP contribution < -0.4 is 9.47 Å². The van der Waals surface area contributed by atoms with E-state index < -0.39 is 5.97 Å². The van der Waals surface area contributed by atoms with Crippen LogP contribution in [0.5, 0.6) is 11.5 Å². The number of carboxylic acids is 1. The maximum absolute atomic E-state index is 11.1. The summed E-state index contributed by atoms with van der Waals surface area (Å²) in [5, 5.41) is 9.09. The largest absolute Gasteiger partial charge is 0.489 e. The maximum atomic E-state index is 11.1. The Balaban J connectivity index is 1.30. The van der Waals surface area contributed by atoms with Crippen molar-refractivity contribution in [2.75, 3.05) is 0 Å². The van der Waals surface area contributed by atoms with Crippen molar-refractivity contribution in [1.82, 2.24) is 4.98 Å². The molecule has 0 unspecified atom stereocenters. The number of benzene rings is 2. The van der Waals surface area contributed by atoms with Gasteiger partial charge in [0.05, 0.1) is 11.8 Å². The van der Waals surface area contributed by atoms with E-state index in [0.717, 1.165) is 26.6 Å². The summed E-state index contributed by atoms with van der Waals surface area (Å²) < 4.78 is 11.8. The van der Waals surface area contributed by atoms with Gasteiger partial charge in [-0.15, -0.1) is 11.3 Å². The van der Waals surface area contributed by atoms with Gasteiger partial charge in [0, 0.05) is 16.0 Å². The Bertz CT molecular complexity index is 1280. The molecule has 37 heavy (non-hydrogen) atoms. The SMILES string of the molecule is CCCC(CCC)c1ccc(OCc2ccc(-c3ccc(COc4cncc(C(=O)O)c4)s3)cc2)cc1. The molecule has 192 valence electrons. The van der Waals surface area contributed by atoms with Gasteiger partial charge >= 0.3 is 5.97 Å². The summed E-state index contributed by atoms with van der Waals surface area (Å²) in [5.74, 6) is 0.953. The monoisotopic (exact) mass is 515 g/mol. The summed E-state index contributed by atoms with van der Waals surface area (Å²) in [6.45, 7) is 5.39. The summed E-state index contributed by atoms with van der Waals surface area (Å²) in [7, 11) is 0. The number of pyridine rings is 1. The molecule has 2 heterocycles. The van der Waals surface area contributed by atoms with Gasteiger partial charge in [-0.25, -0.2) is 4.79 Å². The minimum atomic E-state index is -1.02. The molecule has 0 aliphatic rings. The molecule has 6 heteroatoms. The van der Waals surface area contributed by atoms with Gasteiger partial charge in [-0.2, -0.15) is 0 Å². The lowest BCUT2D eigenvalue weighted by atomic mass is 9.90. The molecule has 0 aliphatic heterocycles. The first-order valence-electron chi connectivity index (χ1n) is 12.8. The number of thiophene rings is 1. The fourth-order valence-corrected chi connectivity index (χ4v) is 5.25. The molecule has 0 spiro atoms. The second kappa shape index (κ2) is 13.1. The first kappa shape index (κ1) is 26.4. The molecular formula is C31H33NO4S. The third kappa shape index (κ3) is 7.43. The number of carboxylic acid groups (broad SMARTS) is 1. The van der Waals surface area contributed by atoms with Crippen LogP contribution in [0.3, 0.4) is 0 Å². The fraction of sp³-hybridized carbons (Fsp3) is 0.290. The Hall–Kier alpha value is -3.64. The number of aromatic carboxylic acids is 1. The third-order valence-electron chi connectivity index (χ3n) is 6.27. The highest BCUT2D eigenvalue weighted by Gasteiger charge is 2.10. The average Bonchev–Trinajstić information content (AvgIpc) is 3.40. The summed E-state index contributed by atoms with van der Waals surface area (Å²) >= 11 is 1.65. The Morgan fingerprint density at radius 2 is 1.57 bits per heavy atom. The van der Waals surface area contributed by atoms with Crippen molar-refractivity contribution in [2.24, 2.45) is 0 Å². The first-order valence-corrected chi connectivity index (χ1v) is 13.6. The summed E-state index contributed by atoms with van der Waals surface area (Å²) in [6.07, 6.45) is 7.71. The molecule has 5 nitrogen and oxygen atoms in total. The Labute approximate surface area is 222 Å². The van der Waals surface area contributed by atoms with Crippen molar-refractivity contribution in [2.45, 2.75) is 58.7 Å². The van der Waals surface area contributed by atoms with Crippen LogP contribution in [0.2, 0.25) is 0 Å². The molecule has 1 N–H and O–H groups in total. The van der Waals surface area contributed by atoms with Gasteiger partial charge in [0.1, 0.15) is 24.7 Å². The van der Waals surface area contributed by atoms with Crippen LogP contribution in [0.15, 0.2) is 79.1 Å². The molecule has 4 aromatic rings. The van der Waals surface area contributed by atoms with Gasteiger partial charge in [-0.1, -0.05) is 63.1 Å². The highest BCUT2D eigenvalue weighted by atomic mass is 32.1. The molecule has 0 saturated carbocycles. The van der Waals surface area contributed by atoms with Crippen molar-refractivity contribution in [1.29, 1.82) is 0 Å². The van der Waals surface area contributed by atoms with E-state index in [9.17, 15) is 4.79 Å². The smallest absolute Gasteiger partial charge is 0.337 e. The average molecular weight is 516 g/mol. The van der Waals surface area contributed by atoms with E-state index in [1.165, 1.54) is 49.7 Å². The van der Waals surface area contributed by atoms with Gasteiger partial charge in [-0.05, 0) is 65.8 Å². The van der Waals surface area contributed by atoms with E-state index in [4.69, 9.17) is 14.6 Å². The zero-order chi connectivity index (χ0) is 26.0. The third-order valence-corrected chi connectivity index (χ3v) is 7.38. The standard InChI is InChI=1S/C31H33NO4S/c1-3-5-23(6-4-2)24-11-13-27(14-12-24)35-20-22-7-9-25(10-8-22)30-16-15-29(37-30)21-36-28-17-26(31(33)34)18-32-19-28/h7-19,23H,3-6,20-21H2,1-2H3,(H,33,34). The summed E-state index contributed by atoms with van der Waals surface area (Å²) in [5.41, 5.74) is 3.77. The van der Waals surface area contributed by atoms with E-state index in [1.54, 1.807) is 11.3 Å². The van der Waals surface area contributed by atoms with Gasteiger partial charge in [0.25, 0.3) is 0 Å². The zero-order valence-electron chi connectivity index (χ0n) is 21.4. The lowest BCUT2D eigenvalue weighted by molar-refractivity contribution is 0.0696. The molecule has 0 aliphatic carbocycles. The van der Waals surface area contributed by atoms with Crippen molar-refractivity contribution in [3.63, 3.8) is 0 Å². The van der Waals surface area contributed by atoms with Crippen molar-refractivity contribution < 1.29 is 19.4 Å². The predicted octanol–water partition coefficient (Wildman–Crippen LogP) is 8.35. The quantitative estimate of drug-likeness (QED) is 0.194. The van der Waals surface area contributed by atoms with Crippen molar-refractivity contribution in [3.8, 4) is 21.9 Å². The molecule has 0 amide bonds. The fourth-order valence-electron chi connectivity index (χ4n) is 4.32. The van der Waals surface area contributed by atoms with Crippen LogP contribution in [0.25, 0.3) is 10.4 Å². The van der Waals surface area contributed by atoms with E-state index in [2.05, 4.69) is 73.4 Å². The van der Waals surface area contributed by atoms with E-state index in [-0.39, 0.29) is 5.56 Å². The topological polar surface area (TPSA) is 68.7 Å². The maximum Gasteiger partial charge on any atom is 0.337 e. The number of hydrogen-bond donors (Lipinski definition) is 1. The Morgan fingerprint density at radius 3 is 2.24 bits per heavy atom. The lowest BCUT2D eigenvalue weighted by Gasteiger charge is -2.16. The van der Waals surface area contributed by atoms with Gasteiger partial charge in [0.15, 0.2) is 0 Å². The number of carbonyl (C=O) groups is 1. The highest BCUT2D eigenvalue weighted by Crippen LogP contribution is 2.30. The van der Waals surface area contributed by atoms with Crippen LogP contribution in [-0.2, 0) is 13.2 Å². The predicted molar refractivity (Wildman–Crippen MR) is 149 cm³/mol. The molecular weight excluding hydrogens is 482 g/mol. The molecule has 0 bridgehead atoms. The van der Waals surface area contributed by atoms with Crippen LogP contribution >= 0.6 is 11.3 Å². The van der Waals surface area contributed by atoms with Gasteiger partial charge in [0.2, 0.25) is 0 Å². The van der Waals surface area contributed by atoms with Crippen molar-refractivity contribution in [3.05, 3.63) is 101 Å². The molecule has 0 saturated heterocycles. The normalized spacial score (nSPS) is 11.0. The molecule has 0 atom stereocenters. The molecule has 0 radical (unpaired) electrons. The van der Waals surface area contributed by atoms with E-state index >= 15 is 0 Å². The number of rotatable bonds is 13. The van der Waals surface area contributed by atoms with E-state index in [0.29, 0.717) is 24.9 Å². The van der Waals surface area contributed by atoms with Crippen LogP contribution in [0.1, 0.15) is 71.8 Å². The number of hydrogen-bond acceptors (Lipinski definition) is 5. The molecule has 2 aromatic heterocycles. The van der Waals surface area contributed by atoms with Crippen LogP contribution in [-0.4, -0.2) is 16.1 Å². The minimum absolute atomic E-state index is 0.109. The summed E-state index contributed by atoms with van der Waals surface area (Å²) in [4.78, 5) is 17.2. The molecule has 2 aromatic carbocycles. The van der Waals surface area contributed by atoms with Crippen molar-refractivity contribution >= 4 is 17.3 Å². The number of aromatic nitrogens is 1. The van der Waals surface area contributed by atoms with Crippen LogP contribution in [0, 0.1) is 0 Å². The first-order chi connectivity index (χ1) is 18.1. The lowest BCUT2D eigenvalue weighted by Crippen LogP contribution is -1.99. The molecule has 4 rings (SSSR count). The summed E-state index contributed by atoms with van der Waals surface area (Å²) in [6, 6.07) is 22.6. The second-order valence-electron chi connectivity index (χ2n) is 9.10. The Kier molecular flexibility index (Phi) is 9.33. The van der Waals surface area contributed by atoms with E-state index in [1.807, 2.05) is 6.07 Å².